The molecule has 1 atom stereocenters. The lowest BCUT2D eigenvalue weighted by Crippen LogP contribution is -2.52. The van der Waals surface area contributed by atoms with Gasteiger partial charge in [-0.15, -0.1) is 0 Å². The highest BCUT2D eigenvalue weighted by Gasteiger charge is 2.43. The van der Waals surface area contributed by atoms with Crippen LogP contribution in [0.3, 0.4) is 0 Å². The summed E-state index contributed by atoms with van der Waals surface area (Å²) in [6.07, 6.45) is 0.430. The molecule has 0 saturated carbocycles. The molecule has 0 aromatic heterocycles. The van der Waals surface area contributed by atoms with Gasteiger partial charge in [0.2, 0.25) is 0 Å². The molecule has 1 fully saturated rings. The van der Waals surface area contributed by atoms with E-state index in [0.29, 0.717) is 53.6 Å². The fourth-order valence-electron chi connectivity index (χ4n) is 4.58. The molecule has 208 valence electrons. The molecule has 11 heteroatoms. The Morgan fingerprint density at radius 1 is 0.868 bits per heavy atom. The zero-order chi connectivity index (χ0) is 27.9. The number of rotatable bonds is 14. The fraction of sp³-hybridized carbons (Fsp3) is 0.481. The summed E-state index contributed by atoms with van der Waals surface area (Å²) in [7, 11) is 2.85. The van der Waals surface area contributed by atoms with Crippen molar-refractivity contribution in [1.82, 2.24) is 10.2 Å². The van der Waals surface area contributed by atoms with E-state index in [1.807, 2.05) is 11.8 Å². The minimum absolute atomic E-state index is 0.0206. The number of sulfone groups is 1. The molecule has 0 radical (unpaired) electrons. The smallest absolute Gasteiger partial charge is 0.176 e. The summed E-state index contributed by atoms with van der Waals surface area (Å²) in [4.78, 5) is 27.8. The summed E-state index contributed by atoms with van der Waals surface area (Å²) in [5.41, 5.74) is 0.221. The Kier molecular flexibility index (Phi) is 9.75. The molecule has 3 rings (SSSR count). The van der Waals surface area contributed by atoms with Gasteiger partial charge in [0.05, 0.1) is 53.0 Å². The van der Waals surface area contributed by atoms with Crippen molar-refractivity contribution >= 4 is 21.4 Å². The average molecular weight is 549 g/mol. The second-order valence-electron chi connectivity index (χ2n) is 9.42. The normalized spacial score (nSPS) is 18.3. The second-order valence-corrected chi connectivity index (χ2v) is 11.6. The number of hydrogen-bond donors (Lipinski definition) is 1. The van der Waals surface area contributed by atoms with Gasteiger partial charge >= 0.3 is 0 Å². The summed E-state index contributed by atoms with van der Waals surface area (Å²) < 4.78 is 45.7. The van der Waals surface area contributed by atoms with Crippen molar-refractivity contribution in [2.75, 3.05) is 66.1 Å². The molecule has 0 aliphatic carbocycles. The molecule has 2 aromatic carbocycles. The SMILES string of the molecule is COc1ccc(C(=O)CNCCN(CC(=O)c2ccc(OC)c(OC)c2)[C@]2(C)CCS(=O)(=O)C2)cc1OC. The maximum absolute atomic E-state index is 13.2. The first kappa shape index (κ1) is 29.4. The van der Waals surface area contributed by atoms with Crippen molar-refractivity contribution in [2.24, 2.45) is 0 Å². The zero-order valence-corrected chi connectivity index (χ0v) is 23.4. The summed E-state index contributed by atoms with van der Waals surface area (Å²) in [6, 6.07) is 9.92. The van der Waals surface area contributed by atoms with E-state index >= 15 is 0 Å². The third-order valence-corrected chi connectivity index (χ3v) is 8.72. The third-order valence-electron chi connectivity index (χ3n) is 6.84. The molecule has 1 heterocycles. The summed E-state index contributed by atoms with van der Waals surface area (Å²) in [6.45, 7) is 2.72. The van der Waals surface area contributed by atoms with Gasteiger partial charge in [-0.3, -0.25) is 14.5 Å². The Morgan fingerprint density at radius 3 is 1.87 bits per heavy atom. The van der Waals surface area contributed by atoms with Gasteiger partial charge in [0.1, 0.15) is 0 Å². The Hall–Kier alpha value is -3.15. The molecular formula is C27H36N2O8S. The van der Waals surface area contributed by atoms with E-state index in [-0.39, 0.29) is 36.2 Å². The van der Waals surface area contributed by atoms with Gasteiger partial charge in [0, 0.05) is 29.8 Å². The van der Waals surface area contributed by atoms with Gasteiger partial charge in [-0.25, -0.2) is 8.42 Å². The topological polar surface area (TPSA) is 120 Å². The summed E-state index contributed by atoms with van der Waals surface area (Å²) in [5.74, 6) is 1.71. The van der Waals surface area contributed by atoms with E-state index < -0.39 is 15.4 Å². The lowest BCUT2D eigenvalue weighted by atomic mass is 9.97. The van der Waals surface area contributed by atoms with E-state index in [1.165, 1.54) is 28.4 Å². The number of carbonyl (C=O) groups excluding carboxylic acids is 2. The number of methoxy groups -OCH3 is 4. The van der Waals surface area contributed by atoms with Crippen LogP contribution in [-0.4, -0.2) is 96.5 Å². The molecular weight excluding hydrogens is 512 g/mol. The Morgan fingerprint density at radius 2 is 1.39 bits per heavy atom. The van der Waals surface area contributed by atoms with Gasteiger partial charge in [-0.2, -0.15) is 0 Å². The van der Waals surface area contributed by atoms with E-state index in [9.17, 15) is 18.0 Å². The minimum Gasteiger partial charge on any atom is -0.493 e. The number of ketones is 2. The fourth-order valence-corrected chi connectivity index (χ4v) is 6.75. The standard InChI is InChI=1S/C27H36N2O8S/c1-27(10-13-38(32,33)18-27)29(17-22(31)20-7-9-24(35-3)26(15-20)37-5)12-11-28-16-21(30)19-6-8-23(34-2)25(14-19)36-4/h6-9,14-15,28H,10-13,16-18H2,1-5H3/t27-/m1/s1. The second kappa shape index (κ2) is 12.6. The lowest BCUT2D eigenvalue weighted by Gasteiger charge is -2.37. The number of ether oxygens (including phenoxy) is 4. The van der Waals surface area contributed by atoms with E-state index in [0.717, 1.165) is 0 Å². The number of Topliss-reactive ketones (excluding diaryl/α,β-unsaturated/α-hetero) is 2. The van der Waals surface area contributed by atoms with Crippen molar-refractivity contribution in [3.05, 3.63) is 47.5 Å². The van der Waals surface area contributed by atoms with Crippen LogP contribution in [0.4, 0.5) is 0 Å². The first-order valence-electron chi connectivity index (χ1n) is 12.2. The molecule has 0 bridgehead atoms. The van der Waals surface area contributed by atoms with E-state index in [1.54, 1.807) is 36.4 Å². The predicted octanol–water partition coefficient (Wildman–Crippen LogP) is 2.26. The van der Waals surface area contributed by atoms with Gasteiger partial charge in [-0.05, 0) is 49.7 Å². The quantitative estimate of drug-likeness (QED) is 0.278. The van der Waals surface area contributed by atoms with Gasteiger partial charge in [-0.1, -0.05) is 0 Å². The van der Waals surface area contributed by atoms with Crippen LogP contribution in [0.2, 0.25) is 0 Å². The molecule has 2 aromatic rings. The highest BCUT2D eigenvalue weighted by molar-refractivity contribution is 7.91. The van der Waals surface area contributed by atoms with Crippen LogP contribution in [0.25, 0.3) is 0 Å². The Bertz CT molecular complexity index is 1260. The highest BCUT2D eigenvalue weighted by atomic mass is 32.2. The van der Waals surface area contributed by atoms with E-state index in [2.05, 4.69) is 5.32 Å². The molecule has 1 aliphatic heterocycles. The molecule has 0 amide bonds. The van der Waals surface area contributed by atoms with Gasteiger partial charge in [0.15, 0.2) is 44.4 Å². The molecule has 0 spiro atoms. The Labute approximate surface area is 224 Å². The van der Waals surface area contributed by atoms with Crippen LogP contribution >= 0.6 is 0 Å². The molecule has 10 nitrogen and oxygen atoms in total. The van der Waals surface area contributed by atoms with Crippen LogP contribution in [0.15, 0.2) is 36.4 Å². The van der Waals surface area contributed by atoms with Crippen molar-refractivity contribution in [1.29, 1.82) is 0 Å². The van der Waals surface area contributed by atoms with Crippen LogP contribution in [0.1, 0.15) is 34.1 Å². The number of benzene rings is 2. The molecule has 38 heavy (non-hydrogen) atoms. The van der Waals surface area contributed by atoms with Crippen LogP contribution in [0, 0.1) is 0 Å². The van der Waals surface area contributed by atoms with Crippen molar-refractivity contribution < 1.29 is 37.0 Å². The first-order chi connectivity index (χ1) is 18.1. The predicted molar refractivity (Wildman–Crippen MR) is 144 cm³/mol. The maximum Gasteiger partial charge on any atom is 0.176 e. The van der Waals surface area contributed by atoms with Crippen LogP contribution in [0.5, 0.6) is 23.0 Å². The number of nitrogens with zero attached hydrogens (tertiary/aromatic N) is 1. The van der Waals surface area contributed by atoms with Crippen molar-refractivity contribution in [3.63, 3.8) is 0 Å². The largest absolute Gasteiger partial charge is 0.493 e. The monoisotopic (exact) mass is 548 g/mol. The number of hydrogen-bond acceptors (Lipinski definition) is 10. The third kappa shape index (κ3) is 7.03. The minimum atomic E-state index is -3.20. The van der Waals surface area contributed by atoms with Gasteiger partial charge < -0.3 is 24.3 Å². The van der Waals surface area contributed by atoms with Crippen LogP contribution < -0.4 is 24.3 Å². The molecule has 1 aliphatic rings. The number of nitrogens with one attached hydrogen (secondary N) is 1. The van der Waals surface area contributed by atoms with Crippen molar-refractivity contribution in [3.8, 4) is 23.0 Å². The molecule has 1 N–H and O–H groups in total. The summed E-state index contributed by atoms with van der Waals surface area (Å²) in [5, 5.41) is 3.13. The van der Waals surface area contributed by atoms with Crippen LogP contribution in [-0.2, 0) is 9.84 Å². The highest BCUT2D eigenvalue weighted by Crippen LogP contribution is 2.31. The maximum atomic E-state index is 13.2. The average Bonchev–Trinajstić information content (AvgIpc) is 3.22. The molecule has 0 unspecified atom stereocenters. The lowest BCUT2D eigenvalue weighted by molar-refractivity contribution is 0.0792. The summed E-state index contributed by atoms with van der Waals surface area (Å²) >= 11 is 0. The van der Waals surface area contributed by atoms with Crippen molar-refractivity contribution in [2.45, 2.75) is 18.9 Å². The first-order valence-corrected chi connectivity index (χ1v) is 14.0. The number of carbonyl (C=O) groups is 2. The zero-order valence-electron chi connectivity index (χ0n) is 22.5. The van der Waals surface area contributed by atoms with E-state index in [4.69, 9.17) is 18.9 Å². The van der Waals surface area contributed by atoms with Gasteiger partial charge in [0.25, 0.3) is 0 Å². The Balaban J connectivity index is 1.68. The molecule has 1 saturated heterocycles.